The number of esters is 2. The molecule has 2 heterocycles. The molecule has 0 unspecified atom stereocenters. The van der Waals surface area contributed by atoms with Crippen LogP contribution in [0.5, 0.6) is 0 Å². The molecule has 274 valence electrons. The van der Waals surface area contributed by atoms with Gasteiger partial charge in [0.1, 0.15) is 35.4 Å². The molecule has 0 bridgehead atoms. The third-order valence-electron chi connectivity index (χ3n) is 7.40. The van der Waals surface area contributed by atoms with E-state index in [9.17, 15) is 24.0 Å². The van der Waals surface area contributed by atoms with Crippen LogP contribution in [0.4, 0.5) is 4.79 Å². The largest absolute Gasteiger partial charge is 0.460 e. The summed E-state index contributed by atoms with van der Waals surface area (Å²) >= 11 is 0. The number of carbonyl (C=O) groups is 5. The van der Waals surface area contributed by atoms with E-state index in [1.807, 2.05) is 39.0 Å². The molecular formula is C36H52N6O8. The van der Waals surface area contributed by atoms with Crippen LogP contribution in [0.1, 0.15) is 106 Å². The first-order valence-corrected chi connectivity index (χ1v) is 17.0. The van der Waals surface area contributed by atoms with Gasteiger partial charge in [-0.25, -0.2) is 15.2 Å². The molecule has 0 radical (unpaired) electrons. The average Bonchev–Trinajstić information content (AvgIpc) is 3.01. The number of benzene rings is 1. The Balaban J connectivity index is 1.59. The number of hydrogen-bond donors (Lipinski definition) is 3. The lowest BCUT2D eigenvalue weighted by atomic mass is 10.0. The summed E-state index contributed by atoms with van der Waals surface area (Å²) in [5.41, 5.74) is 4.16. The number of carbonyl (C=O) groups excluding carboxylic acids is 5. The maximum absolute atomic E-state index is 13.3. The van der Waals surface area contributed by atoms with Crippen LogP contribution < -0.4 is 16.1 Å². The molecular weight excluding hydrogens is 644 g/mol. The molecule has 0 aliphatic carbocycles. The van der Waals surface area contributed by atoms with Crippen molar-refractivity contribution in [2.75, 3.05) is 6.54 Å². The highest BCUT2D eigenvalue weighted by molar-refractivity contribution is 5.91. The maximum atomic E-state index is 13.3. The molecule has 1 aliphatic rings. The van der Waals surface area contributed by atoms with E-state index in [1.54, 1.807) is 59.9 Å². The van der Waals surface area contributed by atoms with Gasteiger partial charge >= 0.3 is 18.0 Å². The molecule has 3 rings (SSSR count). The van der Waals surface area contributed by atoms with Crippen LogP contribution in [0.3, 0.4) is 0 Å². The number of nitrogens with zero attached hydrogens (tertiary/aromatic N) is 3. The molecule has 0 spiro atoms. The molecule has 4 atom stereocenters. The summed E-state index contributed by atoms with van der Waals surface area (Å²) in [5.74, 6) is -2.14. The van der Waals surface area contributed by atoms with Gasteiger partial charge in [-0.2, -0.15) is 0 Å². The molecule has 1 saturated heterocycles. The summed E-state index contributed by atoms with van der Waals surface area (Å²) in [7, 11) is 0. The molecule has 50 heavy (non-hydrogen) atoms. The SMILES string of the molecule is CC(C)[C@H](NC(=O)OC(C)(C)C)C(=O)N[C@@H](C)C(=O)N1CCC[C@@H](C(=O)O[C@H](C)c2cnc3ccc(/C=C/CC(=O)OC(C)(C)C)cc3n2)N1. The number of hydrazine groups is 1. The molecule has 0 saturated carbocycles. The lowest BCUT2D eigenvalue weighted by molar-refractivity contribution is -0.157. The number of fused-ring (bicyclic) bond motifs is 1. The van der Waals surface area contributed by atoms with E-state index in [1.165, 1.54) is 11.9 Å². The van der Waals surface area contributed by atoms with Crippen LogP contribution in [0.15, 0.2) is 30.5 Å². The molecule has 1 fully saturated rings. The highest BCUT2D eigenvalue weighted by atomic mass is 16.6. The quantitative estimate of drug-likeness (QED) is 0.222. The van der Waals surface area contributed by atoms with Gasteiger partial charge in [-0.3, -0.25) is 29.2 Å². The Hall–Kier alpha value is -4.59. The van der Waals surface area contributed by atoms with E-state index in [0.29, 0.717) is 36.1 Å². The van der Waals surface area contributed by atoms with Gasteiger partial charge in [0, 0.05) is 6.54 Å². The van der Waals surface area contributed by atoms with Crippen molar-refractivity contribution in [3.63, 3.8) is 0 Å². The van der Waals surface area contributed by atoms with Gasteiger partial charge in [-0.15, -0.1) is 0 Å². The third-order valence-corrected chi connectivity index (χ3v) is 7.40. The second kappa shape index (κ2) is 16.9. The Morgan fingerprint density at radius 3 is 2.30 bits per heavy atom. The highest BCUT2D eigenvalue weighted by Gasteiger charge is 2.34. The number of rotatable bonds is 11. The number of alkyl carbamates (subject to hydrolysis) is 1. The smallest absolute Gasteiger partial charge is 0.408 e. The van der Waals surface area contributed by atoms with Gasteiger partial charge in [-0.05, 0) is 91.8 Å². The summed E-state index contributed by atoms with van der Waals surface area (Å²) in [6.07, 6.45) is 4.71. The summed E-state index contributed by atoms with van der Waals surface area (Å²) in [6.45, 7) is 17.7. The van der Waals surface area contributed by atoms with Crippen LogP contribution in [0.25, 0.3) is 17.1 Å². The van der Waals surface area contributed by atoms with Crippen LogP contribution in [0, 0.1) is 5.92 Å². The first-order valence-electron chi connectivity index (χ1n) is 17.0. The fourth-order valence-electron chi connectivity index (χ4n) is 5.02. The van der Waals surface area contributed by atoms with Crippen molar-refractivity contribution in [3.8, 4) is 0 Å². The van der Waals surface area contributed by atoms with Crippen molar-refractivity contribution in [2.45, 2.75) is 124 Å². The Morgan fingerprint density at radius 2 is 1.66 bits per heavy atom. The van der Waals surface area contributed by atoms with Crippen LogP contribution in [-0.2, 0) is 33.4 Å². The number of amides is 3. The standard InChI is InChI=1S/C36H52N6O8/c1-21(2)30(40-34(47)50-36(8,9)10)31(44)38-22(3)32(45)42-18-12-14-26(41-42)33(46)48-23(4)28-20-37-25-17-16-24(19-27(25)39-28)13-11-15-29(43)49-35(5,6)7/h11,13,16-17,19-23,26,30,41H,12,14-15,18H2,1-10H3,(H,38,44)(H,40,47)/b13-11+/t22-,23+,26-,30-/m0/s1. The highest BCUT2D eigenvalue weighted by Crippen LogP contribution is 2.21. The van der Waals surface area contributed by atoms with E-state index < -0.39 is 59.3 Å². The lowest BCUT2D eigenvalue weighted by Crippen LogP contribution is -2.61. The van der Waals surface area contributed by atoms with Crippen molar-refractivity contribution >= 4 is 47.0 Å². The third kappa shape index (κ3) is 12.4. The fourth-order valence-corrected chi connectivity index (χ4v) is 5.02. The summed E-state index contributed by atoms with van der Waals surface area (Å²) in [5, 5.41) is 6.56. The van der Waals surface area contributed by atoms with Gasteiger partial charge in [0.2, 0.25) is 5.91 Å². The van der Waals surface area contributed by atoms with Crippen LogP contribution in [0.2, 0.25) is 0 Å². The van der Waals surface area contributed by atoms with Gasteiger partial charge in [0.05, 0.1) is 29.3 Å². The molecule has 3 amide bonds. The maximum Gasteiger partial charge on any atom is 0.408 e. The van der Waals surface area contributed by atoms with E-state index in [0.717, 1.165) is 5.56 Å². The zero-order chi connectivity index (χ0) is 37.4. The average molecular weight is 697 g/mol. The Labute approximate surface area is 294 Å². The van der Waals surface area contributed by atoms with E-state index >= 15 is 0 Å². The summed E-state index contributed by atoms with van der Waals surface area (Å²) in [4.78, 5) is 73.0. The van der Waals surface area contributed by atoms with E-state index in [4.69, 9.17) is 14.2 Å². The van der Waals surface area contributed by atoms with Gasteiger partial charge in [0.15, 0.2) is 0 Å². The van der Waals surface area contributed by atoms with E-state index in [2.05, 4.69) is 26.0 Å². The minimum Gasteiger partial charge on any atom is -0.460 e. The predicted molar refractivity (Wildman–Crippen MR) is 187 cm³/mol. The number of hydrogen-bond acceptors (Lipinski definition) is 11. The van der Waals surface area contributed by atoms with Gasteiger partial charge < -0.3 is 24.8 Å². The van der Waals surface area contributed by atoms with Crippen molar-refractivity contribution in [1.82, 2.24) is 31.0 Å². The Morgan fingerprint density at radius 1 is 0.980 bits per heavy atom. The molecule has 1 aromatic carbocycles. The molecule has 14 nitrogen and oxygen atoms in total. The predicted octanol–water partition coefficient (Wildman–Crippen LogP) is 4.53. The molecule has 1 aliphatic heterocycles. The zero-order valence-corrected chi connectivity index (χ0v) is 30.8. The molecule has 1 aromatic heterocycles. The van der Waals surface area contributed by atoms with Crippen molar-refractivity contribution < 1.29 is 38.2 Å². The van der Waals surface area contributed by atoms with Crippen LogP contribution >= 0.6 is 0 Å². The van der Waals surface area contributed by atoms with Crippen molar-refractivity contribution in [2.24, 2.45) is 5.92 Å². The monoisotopic (exact) mass is 696 g/mol. The van der Waals surface area contributed by atoms with Gasteiger partial charge in [-0.1, -0.05) is 32.1 Å². The number of aromatic nitrogens is 2. The summed E-state index contributed by atoms with van der Waals surface area (Å²) in [6, 6.07) is 2.83. The molecule has 2 aromatic rings. The minimum atomic E-state index is -0.949. The normalized spacial score (nSPS) is 17.2. The first kappa shape index (κ1) is 39.8. The Bertz CT molecular complexity index is 1580. The van der Waals surface area contributed by atoms with Gasteiger partial charge in [0.25, 0.3) is 5.91 Å². The van der Waals surface area contributed by atoms with E-state index in [-0.39, 0.29) is 18.3 Å². The van der Waals surface area contributed by atoms with Crippen molar-refractivity contribution in [3.05, 3.63) is 41.7 Å². The number of nitrogens with one attached hydrogen (secondary N) is 3. The Kier molecular flexibility index (Phi) is 13.5. The fraction of sp³-hybridized carbons (Fsp3) is 0.583. The topological polar surface area (TPSA) is 178 Å². The molecule has 3 N–H and O–H groups in total. The minimum absolute atomic E-state index is 0.131. The molecule has 14 heteroatoms. The lowest BCUT2D eigenvalue weighted by Gasteiger charge is -2.35. The summed E-state index contributed by atoms with van der Waals surface area (Å²) < 4.78 is 16.4. The first-order chi connectivity index (χ1) is 23.2. The second-order valence-electron chi connectivity index (χ2n) is 14.7. The second-order valence-corrected chi connectivity index (χ2v) is 14.7. The van der Waals surface area contributed by atoms with Crippen molar-refractivity contribution in [1.29, 1.82) is 0 Å². The van der Waals surface area contributed by atoms with Crippen LogP contribution in [-0.4, -0.2) is 80.7 Å². The number of ether oxygens (including phenoxy) is 3. The zero-order valence-electron chi connectivity index (χ0n) is 30.8.